The summed E-state index contributed by atoms with van der Waals surface area (Å²) in [7, 11) is 0. The number of rotatable bonds is 4. The molecule has 0 fully saturated rings. The van der Waals surface area contributed by atoms with Gasteiger partial charge in [0.15, 0.2) is 0 Å². The van der Waals surface area contributed by atoms with E-state index >= 15 is 0 Å². The quantitative estimate of drug-likeness (QED) is 0.843. The molecule has 17 heavy (non-hydrogen) atoms. The lowest BCUT2D eigenvalue weighted by Crippen LogP contribution is -2.28. The van der Waals surface area contributed by atoms with Gasteiger partial charge in [-0.25, -0.2) is 9.97 Å². The predicted octanol–water partition coefficient (Wildman–Crippen LogP) is 2.49. The number of nitrogens with zero attached hydrogens (tertiary/aromatic N) is 2. The van der Waals surface area contributed by atoms with E-state index in [9.17, 15) is 0 Å². The van der Waals surface area contributed by atoms with Crippen molar-refractivity contribution in [2.45, 2.75) is 59.7 Å². The van der Waals surface area contributed by atoms with Crippen LogP contribution < -0.4 is 10.6 Å². The van der Waals surface area contributed by atoms with Crippen molar-refractivity contribution in [1.29, 1.82) is 0 Å². The van der Waals surface area contributed by atoms with E-state index in [1.165, 1.54) is 0 Å². The third-order valence-corrected chi connectivity index (χ3v) is 2.27. The summed E-state index contributed by atoms with van der Waals surface area (Å²) in [6.45, 7) is 13.4. The van der Waals surface area contributed by atoms with Crippen molar-refractivity contribution in [3.8, 4) is 0 Å². The van der Waals surface area contributed by atoms with Crippen LogP contribution in [0, 0.1) is 6.92 Å². The van der Waals surface area contributed by atoms with Crippen LogP contribution in [0.4, 0.5) is 5.95 Å². The van der Waals surface area contributed by atoms with Crippen molar-refractivity contribution in [1.82, 2.24) is 15.3 Å². The highest BCUT2D eigenvalue weighted by Crippen LogP contribution is 2.12. The molecule has 4 heteroatoms. The second-order valence-corrected chi connectivity index (χ2v) is 5.71. The largest absolute Gasteiger partial charge is 0.350 e. The molecule has 1 aromatic rings. The van der Waals surface area contributed by atoms with Gasteiger partial charge in [0.25, 0.3) is 0 Å². The van der Waals surface area contributed by atoms with Crippen LogP contribution in [-0.2, 0) is 6.54 Å². The molecule has 0 aliphatic heterocycles. The second-order valence-electron chi connectivity index (χ2n) is 5.71. The van der Waals surface area contributed by atoms with Gasteiger partial charge in [-0.05, 0) is 27.7 Å². The molecule has 1 heterocycles. The first kappa shape index (κ1) is 13.9. The topological polar surface area (TPSA) is 49.8 Å². The molecule has 2 N–H and O–H groups in total. The molecule has 0 radical (unpaired) electrons. The zero-order valence-electron chi connectivity index (χ0n) is 11.8. The van der Waals surface area contributed by atoms with Gasteiger partial charge in [0.05, 0.1) is 0 Å². The minimum atomic E-state index is -0.00978. The van der Waals surface area contributed by atoms with Crippen LogP contribution in [0.1, 0.15) is 45.9 Å². The maximum Gasteiger partial charge on any atom is 0.223 e. The van der Waals surface area contributed by atoms with Gasteiger partial charge in [-0.1, -0.05) is 13.8 Å². The third-order valence-electron chi connectivity index (χ3n) is 2.27. The molecule has 0 saturated heterocycles. The van der Waals surface area contributed by atoms with E-state index in [1.807, 2.05) is 13.1 Å². The number of aromatic nitrogens is 2. The summed E-state index contributed by atoms with van der Waals surface area (Å²) in [5.41, 5.74) is 2.17. The molecule has 1 aromatic heterocycles. The molecular weight excluding hydrogens is 212 g/mol. The summed E-state index contributed by atoms with van der Waals surface area (Å²) in [5.74, 6) is 0.697. The molecule has 0 spiro atoms. The van der Waals surface area contributed by atoms with Crippen molar-refractivity contribution in [3.05, 3.63) is 17.5 Å². The molecule has 0 aromatic carbocycles. The van der Waals surface area contributed by atoms with Crippen molar-refractivity contribution in [2.75, 3.05) is 5.32 Å². The number of hydrogen-bond acceptors (Lipinski definition) is 4. The zero-order chi connectivity index (χ0) is 13.1. The van der Waals surface area contributed by atoms with E-state index in [-0.39, 0.29) is 5.54 Å². The van der Waals surface area contributed by atoms with Gasteiger partial charge < -0.3 is 10.6 Å². The van der Waals surface area contributed by atoms with Crippen molar-refractivity contribution < 1.29 is 0 Å². The normalized spacial score (nSPS) is 11.9. The molecule has 1 rings (SSSR count). The fourth-order valence-corrected chi connectivity index (χ4v) is 1.38. The van der Waals surface area contributed by atoms with Gasteiger partial charge in [0.2, 0.25) is 5.95 Å². The summed E-state index contributed by atoms with van der Waals surface area (Å²) in [5, 5.41) is 6.64. The highest BCUT2D eigenvalue weighted by Gasteiger charge is 2.12. The Morgan fingerprint density at radius 1 is 1.29 bits per heavy atom. The van der Waals surface area contributed by atoms with Crippen LogP contribution in [0.15, 0.2) is 6.20 Å². The maximum absolute atomic E-state index is 4.47. The summed E-state index contributed by atoms with van der Waals surface area (Å²) in [6.07, 6.45) is 1.89. The van der Waals surface area contributed by atoms with E-state index in [2.05, 4.69) is 55.2 Å². The Labute approximate surface area is 104 Å². The summed E-state index contributed by atoms with van der Waals surface area (Å²) in [6, 6.07) is 0.474. The average molecular weight is 236 g/mol. The lowest BCUT2D eigenvalue weighted by Gasteiger charge is -2.21. The SMILES string of the molecule is Cc1nc(NC(C)(C)C)ncc1CNC(C)C. The standard InChI is InChI=1S/C13H24N4/c1-9(2)14-7-11-8-15-12(16-10(11)3)17-13(4,5)6/h8-9,14H,7H2,1-6H3,(H,15,16,17). The first-order valence-corrected chi connectivity index (χ1v) is 6.12. The molecule has 0 aliphatic rings. The van der Waals surface area contributed by atoms with Gasteiger partial charge in [0.1, 0.15) is 0 Å². The summed E-state index contributed by atoms with van der Waals surface area (Å²) < 4.78 is 0. The molecule has 0 amide bonds. The van der Waals surface area contributed by atoms with Crippen LogP contribution in [0.25, 0.3) is 0 Å². The zero-order valence-corrected chi connectivity index (χ0v) is 11.8. The number of nitrogens with one attached hydrogen (secondary N) is 2. The Morgan fingerprint density at radius 2 is 1.94 bits per heavy atom. The predicted molar refractivity (Wildman–Crippen MR) is 72.1 cm³/mol. The van der Waals surface area contributed by atoms with Crippen LogP contribution in [0.2, 0.25) is 0 Å². The van der Waals surface area contributed by atoms with Crippen molar-refractivity contribution >= 4 is 5.95 Å². The second kappa shape index (κ2) is 5.45. The smallest absolute Gasteiger partial charge is 0.223 e. The van der Waals surface area contributed by atoms with Crippen LogP contribution in [0.3, 0.4) is 0 Å². The fraction of sp³-hybridized carbons (Fsp3) is 0.692. The summed E-state index contributed by atoms with van der Waals surface area (Å²) >= 11 is 0. The minimum absolute atomic E-state index is 0.00978. The van der Waals surface area contributed by atoms with Crippen molar-refractivity contribution in [2.24, 2.45) is 0 Å². The molecule has 0 saturated carbocycles. The van der Waals surface area contributed by atoms with E-state index in [0.717, 1.165) is 17.8 Å². The average Bonchev–Trinajstić information content (AvgIpc) is 2.13. The molecular formula is C13H24N4. The Morgan fingerprint density at radius 3 is 2.41 bits per heavy atom. The van der Waals surface area contributed by atoms with Crippen LogP contribution in [0.5, 0.6) is 0 Å². The molecule has 96 valence electrons. The first-order chi connectivity index (χ1) is 7.78. The fourth-order valence-electron chi connectivity index (χ4n) is 1.38. The van der Waals surface area contributed by atoms with Gasteiger partial charge in [-0.2, -0.15) is 0 Å². The Hall–Kier alpha value is -1.16. The Kier molecular flexibility index (Phi) is 4.46. The van der Waals surface area contributed by atoms with Crippen LogP contribution in [-0.4, -0.2) is 21.5 Å². The highest BCUT2D eigenvalue weighted by molar-refractivity contribution is 5.31. The van der Waals surface area contributed by atoms with Crippen molar-refractivity contribution in [3.63, 3.8) is 0 Å². The molecule has 0 bridgehead atoms. The van der Waals surface area contributed by atoms with E-state index in [0.29, 0.717) is 12.0 Å². The van der Waals surface area contributed by atoms with Gasteiger partial charge in [-0.15, -0.1) is 0 Å². The molecule has 0 unspecified atom stereocenters. The van der Waals surface area contributed by atoms with Crippen LogP contribution >= 0.6 is 0 Å². The maximum atomic E-state index is 4.47. The molecule has 4 nitrogen and oxygen atoms in total. The minimum Gasteiger partial charge on any atom is -0.350 e. The van der Waals surface area contributed by atoms with E-state index in [4.69, 9.17) is 0 Å². The number of anilines is 1. The molecule has 0 aliphatic carbocycles. The van der Waals surface area contributed by atoms with Gasteiger partial charge >= 0.3 is 0 Å². The highest BCUT2D eigenvalue weighted by atomic mass is 15.1. The lowest BCUT2D eigenvalue weighted by molar-refractivity contribution is 0.584. The Bertz CT molecular complexity index is 366. The first-order valence-electron chi connectivity index (χ1n) is 6.12. The number of hydrogen-bond donors (Lipinski definition) is 2. The Balaban J connectivity index is 2.72. The van der Waals surface area contributed by atoms with Gasteiger partial charge in [-0.3, -0.25) is 0 Å². The third kappa shape index (κ3) is 5.13. The lowest BCUT2D eigenvalue weighted by atomic mass is 10.1. The van der Waals surface area contributed by atoms with E-state index < -0.39 is 0 Å². The van der Waals surface area contributed by atoms with E-state index in [1.54, 1.807) is 0 Å². The number of aryl methyl sites for hydroxylation is 1. The monoisotopic (exact) mass is 236 g/mol. The summed E-state index contributed by atoms with van der Waals surface area (Å²) in [4.78, 5) is 8.81. The molecule has 0 atom stereocenters. The van der Waals surface area contributed by atoms with Gasteiger partial charge in [0, 0.05) is 35.6 Å².